The van der Waals surface area contributed by atoms with Crippen molar-refractivity contribution in [3.05, 3.63) is 306 Å². The second-order valence-electron chi connectivity index (χ2n) is 36.3. The zero-order chi connectivity index (χ0) is 92.1. The van der Waals surface area contributed by atoms with E-state index in [4.69, 9.17) is 39.5 Å². The first-order valence-electron chi connectivity index (χ1n) is 45.3. The Morgan fingerprint density at radius 3 is 0.808 bits per heavy atom. The minimum atomic E-state index is -1.02. The molecule has 0 saturated heterocycles. The van der Waals surface area contributed by atoms with E-state index < -0.39 is 28.7 Å². The monoisotopic (exact) mass is 1750 g/mol. The number of nitrogens with zero attached hydrogens (tertiary/aromatic N) is 14. The zero-order valence-electron chi connectivity index (χ0n) is 77.2. The third-order valence-corrected chi connectivity index (χ3v) is 27.2. The molecule has 0 radical (unpaired) electrons. The van der Waals surface area contributed by atoms with E-state index >= 15 is 0 Å². The van der Waals surface area contributed by atoms with Crippen molar-refractivity contribution in [1.82, 2.24) is 34.3 Å². The number of hydrogen-bond donors (Lipinski definition) is 9. The molecule has 0 fully saturated rings. The van der Waals surface area contributed by atoms with Crippen LogP contribution in [0.15, 0.2) is 200 Å². The highest BCUT2D eigenvalue weighted by atomic mass is 16.4. The molecule has 678 valence electrons. The van der Waals surface area contributed by atoms with Gasteiger partial charge in [0.1, 0.15) is 0 Å². The summed E-state index contributed by atoms with van der Waals surface area (Å²) < 4.78 is 0. The van der Waals surface area contributed by atoms with Gasteiger partial charge in [-0.05, 0) is 254 Å². The molecule has 8 aliphatic heterocycles. The van der Waals surface area contributed by atoms with Gasteiger partial charge in [-0.25, -0.2) is 14.4 Å². The lowest BCUT2D eigenvalue weighted by molar-refractivity contribution is 0.0680. The summed E-state index contributed by atoms with van der Waals surface area (Å²) in [5, 5.41) is 29.3. The summed E-state index contributed by atoms with van der Waals surface area (Å²) in [5.74, 6) is -2.67. The smallest absolute Gasteiger partial charge is 0.336 e. The van der Waals surface area contributed by atoms with E-state index in [1.165, 1.54) is 79.8 Å². The van der Waals surface area contributed by atoms with Crippen LogP contribution in [-0.4, -0.2) is 196 Å². The lowest BCUT2D eigenvalue weighted by atomic mass is 9.63. The number of carboxylic acid groups (broad SMARTS) is 3. The number of benzene rings is 11. The van der Waals surface area contributed by atoms with E-state index in [2.05, 4.69) is 272 Å². The van der Waals surface area contributed by atoms with Crippen molar-refractivity contribution < 1.29 is 29.7 Å². The standard InChI is InChI=1S/C55H68N10O2.C25H24N4.C17H26N4O2.C7H8N2O2/c1-9-61-32-56(5)26-37-21-41(13-17-47(37)61)55(42-14-18-48-38(22-42)27-57(6)33-62(48)10-2,43-15-19-49-39(23-43)28-58(7)34-63(49)11-3)44-16-20-50-40(24-44)29-60-31-46-52(65(50)36-60)25-51-45(53(46)54(66)67)30-59(8)35-64(51)12-4;26-21-9-1-17(2-10-21)25(18-3-11-22(27)12-4-18,19-5-13-23(28)14-6-19)20-7-15-24(29)16-8-20;1-5-20-10-18(3)8-12-14(20)7-15-13(16(12)17(22)23)9-19(4)11-21(15)6-2;8-5-1-4(7(10)11)2-6(9)3-5/h13-25H,9-12,26-36H2,1-8H3,(H,66,67);1-16H,26-29H2;7H,5-6,8-11H2,1-4H3,(H,22,23);1-3H,8-9H2,(H,10,11). The molecule has 8 heterocycles. The van der Waals surface area contributed by atoms with Gasteiger partial charge >= 0.3 is 17.9 Å². The van der Waals surface area contributed by atoms with Gasteiger partial charge in [0.25, 0.3) is 0 Å². The van der Waals surface area contributed by atoms with Crippen LogP contribution in [0.4, 0.5) is 79.6 Å². The molecule has 11 aromatic carbocycles. The minimum Gasteiger partial charge on any atom is -0.478 e. The zero-order valence-corrected chi connectivity index (χ0v) is 77.2. The van der Waals surface area contributed by atoms with Crippen LogP contribution in [0.25, 0.3) is 0 Å². The molecule has 8 aliphatic rings. The van der Waals surface area contributed by atoms with Gasteiger partial charge in [0.05, 0.1) is 74.2 Å². The molecule has 130 heavy (non-hydrogen) atoms. The van der Waals surface area contributed by atoms with Crippen LogP contribution in [0.5, 0.6) is 0 Å². The molecule has 0 saturated carbocycles. The van der Waals surface area contributed by atoms with Crippen molar-refractivity contribution in [3.8, 4) is 0 Å². The van der Waals surface area contributed by atoms with Crippen molar-refractivity contribution in [1.29, 1.82) is 0 Å². The Kier molecular flexibility index (Phi) is 25.8. The number of anilines is 14. The minimum absolute atomic E-state index is 0.113. The summed E-state index contributed by atoms with van der Waals surface area (Å²) in [6.07, 6.45) is 0. The number of nitrogen functional groups attached to an aromatic ring is 6. The molecule has 1 atom stereocenters. The normalized spacial score (nSPS) is 16.8. The average molecular weight is 1750 g/mol. The molecule has 26 heteroatoms. The van der Waals surface area contributed by atoms with Gasteiger partial charge in [-0.2, -0.15) is 0 Å². The summed E-state index contributed by atoms with van der Waals surface area (Å²) in [5.41, 5.74) is 66.0. The molecule has 1 unspecified atom stereocenters. The number of carbonyl (C=O) groups is 3. The lowest BCUT2D eigenvalue weighted by Crippen LogP contribution is -2.46. The van der Waals surface area contributed by atoms with Gasteiger partial charge in [-0.15, -0.1) is 0 Å². The van der Waals surface area contributed by atoms with Gasteiger partial charge < -0.3 is 84.0 Å². The Hall–Kier alpha value is -13.1. The third-order valence-electron chi connectivity index (χ3n) is 27.2. The molecule has 15 N–H and O–H groups in total. The average Bonchev–Trinajstić information content (AvgIpc) is 0.710. The second kappa shape index (κ2) is 37.2. The van der Waals surface area contributed by atoms with Gasteiger partial charge in [-0.3, -0.25) is 34.3 Å². The Morgan fingerprint density at radius 2 is 0.515 bits per heavy atom. The van der Waals surface area contributed by atoms with Crippen LogP contribution in [0.1, 0.15) is 162 Å². The van der Waals surface area contributed by atoms with E-state index in [1.807, 2.05) is 62.6 Å². The van der Waals surface area contributed by atoms with Crippen LogP contribution in [0.2, 0.25) is 0 Å². The van der Waals surface area contributed by atoms with E-state index in [0.717, 1.165) is 208 Å². The number of carboxylic acids is 3. The topological polar surface area (TPSA) is 313 Å². The lowest BCUT2D eigenvalue weighted by Gasteiger charge is -2.47. The predicted octanol–water partition coefficient (Wildman–Crippen LogP) is 14.9. The first-order chi connectivity index (χ1) is 62.5. The van der Waals surface area contributed by atoms with Crippen molar-refractivity contribution in [2.75, 3.05) is 197 Å². The molecular formula is C104H126N20O6. The molecule has 19 rings (SSSR count). The van der Waals surface area contributed by atoms with E-state index in [1.54, 1.807) is 0 Å². The summed E-state index contributed by atoms with van der Waals surface area (Å²) in [4.78, 5) is 68.8. The number of aromatic carboxylic acids is 3. The number of rotatable bonds is 17. The SMILES string of the molecule is CCN1CN(C)Cc2c1cc1c(c2C(=O)O)CN(C)CN1CC.CCN1CN(C)Cc2cc(C(c3ccc4c(c3)CN(C)CN4CC)(c3ccc4c(c3)CN(C)CN4CC)c3ccc4c(c3)CN3Cc5c(cc6c(c5C(=O)O)CN(C)CN6CC)N4C3)ccc21.Nc1cc(N)cc(C(=O)O)c1.Nc1ccc(C(c2ccc(N)cc2)(c2ccc(N)cc2)c2ccc(N)cc2)cc1. The third kappa shape index (κ3) is 17.2. The van der Waals surface area contributed by atoms with E-state index in [9.17, 15) is 24.6 Å². The van der Waals surface area contributed by atoms with E-state index in [0.29, 0.717) is 48.7 Å². The van der Waals surface area contributed by atoms with Crippen molar-refractivity contribution >= 4 is 97.5 Å². The predicted molar refractivity (Wildman–Crippen MR) is 529 cm³/mol. The number of hydrogen-bond acceptors (Lipinski definition) is 23. The summed E-state index contributed by atoms with van der Waals surface area (Å²) >= 11 is 0. The quantitative estimate of drug-likeness (QED) is 0.0302. The fraction of sp³-hybridized carbons (Fsp3) is 0.337. The molecule has 11 aromatic rings. The Labute approximate surface area is 764 Å². The largest absolute Gasteiger partial charge is 0.478 e. The summed E-state index contributed by atoms with van der Waals surface area (Å²) in [7, 11) is 12.9. The van der Waals surface area contributed by atoms with Crippen molar-refractivity contribution in [2.45, 2.75) is 105 Å². The summed E-state index contributed by atoms with van der Waals surface area (Å²) in [6, 6.07) is 70.1. The molecule has 26 nitrogen and oxygen atoms in total. The molecule has 0 aliphatic carbocycles. The maximum absolute atomic E-state index is 13.3. The maximum atomic E-state index is 13.3. The van der Waals surface area contributed by atoms with E-state index in [-0.39, 0.29) is 5.56 Å². The molecule has 0 aromatic heterocycles. The van der Waals surface area contributed by atoms with Crippen LogP contribution in [0.3, 0.4) is 0 Å². The second-order valence-corrected chi connectivity index (χ2v) is 36.3. The van der Waals surface area contributed by atoms with Gasteiger partial charge in [0.2, 0.25) is 0 Å². The first-order valence-corrected chi connectivity index (χ1v) is 45.3. The highest BCUT2D eigenvalue weighted by Gasteiger charge is 2.46. The molecule has 2 bridgehead atoms. The molecular weight excluding hydrogens is 1630 g/mol. The van der Waals surface area contributed by atoms with Gasteiger partial charge in [0.15, 0.2) is 0 Å². The highest BCUT2D eigenvalue weighted by molar-refractivity contribution is 5.98. The highest BCUT2D eigenvalue weighted by Crippen LogP contribution is 2.54. The summed E-state index contributed by atoms with van der Waals surface area (Å²) in [6.45, 7) is 30.5. The van der Waals surface area contributed by atoms with Gasteiger partial charge in [0, 0.05) is 194 Å². The Morgan fingerprint density at radius 1 is 0.262 bits per heavy atom. The van der Waals surface area contributed by atoms with Gasteiger partial charge in [-0.1, -0.05) is 97.1 Å². The fourth-order valence-corrected chi connectivity index (χ4v) is 21.3. The number of nitrogens with two attached hydrogens (primary N) is 6. The molecule has 0 amide bonds. The van der Waals surface area contributed by atoms with Crippen molar-refractivity contribution in [2.24, 2.45) is 0 Å². The Balaban J connectivity index is 0.000000159. The van der Waals surface area contributed by atoms with Crippen molar-refractivity contribution in [3.63, 3.8) is 0 Å². The maximum Gasteiger partial charge on any atom is 0.336 e. The number of fused-ring (bicyclic) bond motifs is 12. The van der Waals surface area contributed by atoms with Crippen LogP contribution < -0.4 is 68.7 Å². The van der Waals surface area contributed by atoms with Crippen LogP contribution >= 0.6 is 0 Å². The fourth-order valence-electron chi connectivity index (χ4n) is 21.3. The molecule has 0 spiro atoms. The van der Waals surface area contributed by atoms with Crippen LogP contribution in [-0.2, 0) is 63.2 Å². The Bertz CT molecular complexity index is 5630. The first kappa shape index (κ1) is 90.3. The van der Waals surface area contributed by atoms with Crippen LogP contribution in [0, 0.1) is 0 Å².